The summed E-state index contributed by atoms with van der Waals surface area (Å²) in [7, 11) is 0. The predicted octanol–water partition coefficient (Wildman–Crippen LogP) is 0.938. The Labute approximate surface area is 105 Å². The van der Waals surface area contributed by atoms with E-state index in [2.05, 4.69) is 36.0 Å². The van der Waals surface area contributed by atoms with Gasteiger partial charge in [0.05, 0.1) is 6.04 Å². The zero-order valence-electron chi connectivity index (χ0n) is 10.4. The van der Waals surface area contributed by atoms with E-state index < -0.39 is 0 Å². The van der Waals surface area contributed by atoms with E-state index in [0.29, 0.717) is 10.8 Å². The number of nitrogens with two attached hydrogens (primary N) is 1. The highest BCUT2D eigenvalue weighted by Crippen LogP contribution is 2.21. The lowest BCUT2D eigenvalue weighted by atomic mass is 9.97. The van der Waals surface area contributed by atoms with Crippen LogP contribution < -0.4 is 11.1 Å². The Kier molecular flexibility index (Phi) is 3.09. The third-order valence-corrected chi connectivity index (χ3v) is 3.59. The minimum atomic E-state index is -0.128. The molecule has 0 saturated carbocycles. The van der Waals surface area contributed by atoms with Gasteiger partial charge in [-0.2, -0.15) is 0 Å². The zero-order valence-corrected chi connectivity index (χ0v) is 11.2. The maximum atomic E-state index is 11.8. The molecule has 1 aliphatic rings. The Morgan fingerprint density at radius 1 is 1.59 bits per heavy atom. The quantitative estimate of drug-likeness (QED) is 0.824. The Morgan fingerprint density at radius 3 is 2.71 bits per heavy atom. The Bertz CT molecular complexity index is 417. The van der Waals surface area contributed by atoms with Gasteiger partial charge in [0.2, 0.25) is 0 Å². The van der Waals surface area contributed by atoms with E-state index in [1.807, 2.05) is 0 Å². The second-order valence-electron chi connectivity index (χ2n) is 5.32. The van der Waals surface area contributed by atoms with E-state index in [4.69, 9.17) is 5.73 Å². The van der Waals surface area contributed by atoms with Gasteiger partial charge in [0, 0.05) is 24.0 Å². The van der Waals surface area contributed by atoms with E-state index in [1.54, 1.807) is 5.38 Å². The minimum absolute atomic E-state index is 0.128. The van der Waals surface area contributed by atoms with Crippen LogP contribution in [-0.4, -0.2) is 40.5 Å². The van der Waals surface area contributed by atoms with Gasteiger partial charge in [0.15, 0.2) is 5.13 Å². The molecule has 0 bridgehead atoms. The highest BCUT2D eigenvalue weighted by Gasteiger charge is 2.35. The molecular formula is C11H18N4OS. The normalized spacial score (nSPS) is 17.8. The molecule has 2 heterocycles. The first-order chi connectivity index (χ1) is 7.86. The molecule has 0 spiro atoms. The molecule has 0 atom stereocenters. The molecule has 1 aliphatic heterocycles. The number of amides is 1. The van der Waals surface area contributed by atoms with Crippen LogP contribution in [0.1, 0.15) is 31.3 Å². The second kappa shape index (κ2) is 4.27. The molecule has 5 nitrogen and oxygen atoms in total. The number of carbonyl (C=O) groups is 1. The molecule has 94 valence electrons. The van der Waals surface area contributed by atoms with Gasteiger partial charge in [-0.15, -0.1) is 11.3 Å². The van der Waals surface area contributed by atoms with Crippen LogP contribution in [0.15, 0.2) is 5.38 Å². The zero-order chi connectivity index (χ0) is 12.6. The molecule has 1 amide bonds. The molecule has 1 saturated heterocycles. The molecule has 2 rings (SSSR count). The molecule has 0 aromatic carbocycles. The number of rotatable bonds is 2. The number of nitrogen functional groups attached to an aromatic ring is 1. The third kappa shape index (κ3) is 2.76. The van der Waals surface area contributed by atoms with E-state index in [0.717, 1.165) is 13.1 Å². The van der Waals surface area contributed by atoms with Crippen LogP contribution in [0.5, 0.6) is 0 Å². The van der Waals surface area contributed by atoms with Crippen molar-refractivity contribution in [2.24, 2.45) is 0 Å². The van der Waals surface area contributed by atoms with Gasteiger partial charge in [0.1, 0.15) is 5.69 Å². The predicted molar refractivity (Wildman–Crippen MR) is 69.1 cm³/mol. The van der Waals surface area contributed by atoms with Crippen molar-refractivity contribution in [2.45, 2.75) is 32.4 Å². The van der Waals surface area contributed by atoms with E-state index in [9.17, 15) is 4.79 Å². The number of hydrogen-bond donors (Lipinski definition) is 2. The SMILES string of the molecule is CC(C)(C)N1CC(NC(=O)c2csc(N)n2)C1. The molecule has 17 heavy (non-hydrogen) atoms. The number of thiazole rings is 1. The first kappa shape index (κ1) is 12.3. The minimum Gasteiger partial charge on any atom is -0.375 e. The fourth-order valence-corrected chi connectivity index (χ4v) is 2.31. The Balaban J connectivity index is 1.83. The maximum absolute atomic E-state index is 11.8. The number of nitrogens with zero attached hydrogens (tertiary/aromatic N) is 2. The molecule has 0 aliphatic carbocycles. The van der Waals surface area contributed by atoms with Crippen LogP contribution in [0.2, 0.25) is 0 Å². The number of anilines is 1. The van der Waals surface area contributed by atoms with Crippen molar-refractivity contribution < 1.29 is 4.79 Å². The van der Waals surface area contributed by atoms with Crippen LogP contribution in [0.25, 0.3) is 0 Å². The van der Waals surface area contributed by atoms with Crippen molar-refractivity contribution >= 4 is 22.4 Å². The molecule has 1 aromatic rings. The van der Waals surface area contributed by atoms with Crippen molar-refractivity contribution in [3.05, 3.63) is 11.1 Å². The van der Waals surface area contributed by atoms with Crippen molar-refractivity contribution in [2.75, 3.05) is 18.8 Å². The smallest absolute Gasteiger partial charge is 0.271 e. The average molecular weight is 254 g/mol. The van der Waals surface area contributed by atoms with Crippen molar-refractivity contribution in [1.29, 1.82) is 0 Å². The van der Waals surface area contributed by atoms with Gasteiger partial charge in [-0.1, -0.05) is 0 Å². The van der Waals surface area contributed by atoms with Gasteiger partial charge in [-0.05, 0) is 20.8 Å². The van der Waals surface area contributed by atoms with Crippen molar-refractivity contribution in [1.82, 2.24) is 15.2 Å². The Morgan fingerprint density at radius 2 is 2.24 bits per heavy atom. The molecule has 3 N–H and O–H groups in total. The van der Waals surface area contributed by atoms with E-state index in [-0.39, 0.29) is 17.5 Å². The standard InChI is InChI=1S/C11H18N4OS/c1-11(2,3)15-4-7(5-15)13-9(16)8-6-17-10(12)14-8/h6-7H,4-5H2,1-3H3,(H2,12,14)(H,13,16). The summed E-state index contributed by atoms with van der Waals surface area (Å²) >= 11 is 1.29. The summed E-state index contributed by atoms with van der Waals surface area (Å²) in [5.41, 5.74) is 6.08. The number of likely N-dealkylation sites (tertiary alicyclic amines) is 1. The van der Waals surface area contributed by atoms with Crippen LogP contribution in [-0.2, 0) is 0 Å². The van der Waals surface area contributed by atoms with Crippen LogP contribution in [0.3, 0.4) is 0 Å². The second-order valence-corrected chi connectivity index (χ2v) is 6.21. The number of nitrogens with one attached hydrogen (secondary N) is 1. The summed E-state index contributed by atoms with van der Waals surface area (Å²) in [6.07, 6.45) is 0. The van der Waals surface area contributed by atoms with Gasteiger partial charge >= 0.3 is 0 Å². The summed E-state index contributed by atoms with van der Waals surface area (Å²) in [4.78, 5) is 18.1. The largest absolute Gasteiger partial charge is 0.375 e. The maximum Gasteiger partial charge on any atom is 0.271 e. The summed E-state index contributed by atoms with van der Waals surface area (Å²) in [5.74, 6) is -0.128. The molecule has 0 radical (unpaired) electrons. The lowest BCUT2D eigenvalue weighted by Crippen LogP contribution is -2.64. The third-order valence-electron chi connectivity index (χ3n) is 2.92. The first-order valence-electron chi connectivity index (χ1n) is 5.63. The van der Waals surface area contributed by atoms with Crippen LogP contribution >= 0.6 is 11.3 Å². The summed E-state index contributed by atoms with van der Waals surface area (Å²) in [6, 6.07) is 0.227. The topological polar surface area (TPSA) is 71.2 Å². The van der Waals surface area contributed by atoms with Gasteiger partial charge in [-0.25, -0.2) is 4.98 Å². The molecular weight excluding hydrogens is 236 g/mol. The monoisotopic (exact) mass is 254 g/mol. The lowest BCUT2D eigenvalue weighted by molar-refractivity contribution is 0.0330. The highest BCUT2D eigenvalue weighted by molar-refractivity contribution is 7.13. The van der Waals surface area contributed by atoms with Crippen molar-refractivity contribution in [3.63, 3.8) is 0 Å². The number of hydrogen-bond acceptors (Lipinski definition) is 5. The molecule has 0 unspecified atom stereocenters. The van der Waals surface area contributed by atoms with Crippen molar-refractivity contribution in [3.8, 4) is 0 Å². The number of carbonyl (C=O) groups excluding carboxylic acids is 1. The summed E-state index contributed by atoms with van der Waals surface area (Å²) in [6.45, 7) is 8.31. The molecule has 1 fully saturated rings. The average Bonchev–Trinajstić information content (AvgIpc) is 2.55. The van der Waals surface area contributed by atoms with E-state index in [1.165, 1.54) is 11.3 Å². The van der Waals surface area contributed by atoms with Gasteiger partial charge in [-0.3, -0.25) is 9.69 Å². The van der Waals surface area contributed by atoms with Crippen LogP contribution in [0, 0.1) is 0 Å². The summed E-state index contributed by atoms with van der Waals surface area (Å²) < 4.78 is 0. The van der Waals surface area contributed by atoms with E-state index >= 15 is 0 Å². The first-order valence-corrected chi connectivity index (χ1v) is 6.51. The molecule has 1 aromatic heterocycles. The fraction of sp³-hybridized carbons (Fsp3) is 0.636. The fourth-order valence-electron chi connectivity index (χ4n) is 1.77. The Hall–Kier alpha value is -1.14. The highest BCUT2D eigenvalue weighted by atomic mass is 32.1. The van der Waals surface area contributed by atoms with Gasteiger partial charge in [0.25, 0.3) is 5.91 Å². The van der Waals surface area contributed by atoms with Crippen LogP contribution in [0.4, 0.5) is 5.13 Å². The lowest BCUT2D eigenvalue weighted by Gasteiger charge is -2.47. The molecule has 6 heteroatoms. The van der Waals surface area contributed by atoms with Gasteiger partial charge < -0.3 is 11.1 Å². The number of aromatic nitrogens is 1. The summed E-state index contributed by atoms with van der Waals surface area (Å²) in [5, 5.41) is 5.07.